The van der Waals surface area contributed by atoms with E-state index in [1.54, 1.807) is 0 Å². The highest BCUT2D eigenvalue weighted by molar-refractivity contribution is 5.74. The molecule has 0 spiro atoms. The van der Waals surface area contributed by atoms with Crippen molar-refractivity contribution in [3.05, 3.63) is 144 Å². The average Bonchev–Trinajstić information content (AvgIpc) is 3.22. The molecule has 1 amide bonds. The van der Waals surface area contributed by atoms with Crippen LogP contribution < -0.4 is 5.32 Å². The number of hydrogen-bond donors (Lipinski definition) is 2. The number of nitrogens with one attached hydrogen (secondary N) is 1. The van der Waals surface area contributed by atoms with Gasteiger partial charge in [-0.3, -0.25) is 4.79 Å². The maximum atomic E-state index is 12.7. The molecule has 0 unspecified atom stereocenters. The van der Waals surface area contributed by atoms with Crippen molar-refractivity contribution in [2.24, 2.45) is 0 Å². The third kappa shape index (κ3) is 14.8. The van der Waals surface area contributed by atoms with Crippen molar-refractivity contribution in [3.8, 4) is 0 Å². The first-order valence-electron chi connectivity index (χ1n) is 18.5. The summed E-state index contributed by atoms with van der Waals surface area (Å²) < 4.78 is 54.5. The van der Waals surface area contributed by atoms with Gasteiger partial charge in [0, 0.05) is 13.3 Å². The van der Waals surface area contributed by atoms with Crippen LogP contribution in [0.2, 0.25) is 0 Å². The number of carbonyl (C=O) groups is 2. The Morgan fingerprint density at radius 3 is 1.55 bits per heavy atom. The summed E-state index contributed by atoms with van der Waals surface area (Å²) in [6.07, 6.45) is -5.37. The Morgan fingerprint density at radius 2 is 1.09 bits per heavy atom. The molecule has 0 aromatic heterocycles. The van der Waals surface area contributed by atoms with Crippen LogP contribution in [0.4, 0.5) is 0 Å². The van der Waals surface area contributed by atoms with Crippen LogP contribution in [0.5, 0.6) is 0 Å². The molecule has 1 saturated heterocycles. The molecule has 300 valence electrons. The van der Waals surface area contributed by atoms with Gasteiger partial charge in [0.15, 0.2) is 6.10 Å². The highest BCUT2D eigenvalue weighted by Crippen LogP contribution is 2.29. The highest BCUT2D eigenvalue weighted by atomic mass is 16.7. The van der Waals surface area contributed by atoms with Crippen molar-refractivity contribution in [1.29, 1.82) is 0 Å². The van der Waals surface area contributed by atoms with Crippen LogP contribution in [0.1, 0.15) is 35.6 Å². The van der Waals surface area contributed by atoms with Crippen LogP contribution >= 0.6 is 0 Å². The van der Waals surface area contributed by atoms with Crippen LogP contribution in [-0.2, 0) is 78.6 Å². The van der Waals surface area contributed by atoms with E-state index in [0.717, 1.165) is 22.3 Å². The Hall–Kier alpha value is -4.54. The lowest BCUT2D eigenvalue weighted by Crippen LogP contribution is -2.65. The standard InChI is InChI=1S/C43H51NO12/c1-32(45)44-40-37(53-29-49-24-34-16-8-3-9-17-34)22-38(43(46)47)56-42(40)41(55-31-51-26-36-20-12-5-13-21-36)39(54-30-50-25-35-18-10-4-11-19-35)27-52-28-48-23-33-14-6-2-7-15-33/h2-21,37-42H,22-31H2,1H3,(H,44,45)(H,46,47)/t37-,38-,39+,40+,41+,42+/m0/s1. The minimum Gasteiger partial charge on any atom is -0.479 e. The molecular formula is C43H51NO12. The third-order valence-electron chi connectivity index (χ3n) is 8.83. The predicted molar refractivity (Wildman–Crippen MR) is 203 cm³/mol. The largest absolute Gasteiger partial charge is 0.479 e. The van der Waals surface area contributed by atoms with E-state index >= 15 is 0 Å². The molecule has 0 aliphatic carbocycles. The second-order valence-corrected chi connectivity index (χ2v) is 13.1. The number of rotatable bonds is 25. The summed E-state index contributed by atoms with van der Waals surface area (Å²) in [5.41, 5.74) is 3.78. The summed E-state index contributed by atoms with van der Waals surface area (Å²) >= 11 is 0. The Bertz CT molecular complexity index is 1670. The van der Waals surface area contributed by atoms with Gasteiger partial charge >= 0.3 is 5.97 Å². The second-order valence-electron chi connectivity index (χ2n) is 13.1. The molecule has 1 heterocycles. The molecule has 56 heavy (non-hydrogen) atoms. The number of benzene rings is 4. The third-order valence-corrected chi connectivity index (χ3v) is 8.83. The molecule has 2 N–H and O–H groups in total. The van der Waals surface area contributed by atoms with E-state index in [1.165, 1.54) is 6.92 Å². The zero-order valence-electron chi connectivity index (χ0n) is 31.5. The van der Waals surface area contributed by atoms with Crippen molar-refractivity contribution in [3.63, 3.8) is 0 Å². The van der Waals surface area contributed by atoms with E-state index < -0.39 is 42.5 Å². The van der Waals surface area contributed by atoms with Gasteiger partial charge in [0.05, 0.1) is 45.2 Å². The lowest BCUT2D eigenvalue weighted by atomic mass is 9.89. The monoisotopic (exact) mass is 773 g/mol. The average molecular weight is 774 g/mol. The quantitative estimate of drug-likeness (QED) is 0.0638. The molecule has 6 atom stereocenters. The topological polar surface area (TPSA) is 149 Å². The van der Waals surface area contributed by atoms with E-state index in [0.29, 0.717) is 6.61 Å². The van der Waals surface area contributed by atoms with E-state index in [9.17, 15) is 14.7 Å². The van der Waals surface area contributed by atoms with Gasteiger partial charge in [-0.1, -0.05) is 121 Å². The van der Waals surface area contributed by atoms with Gasteiger partial charge in [-0.25, -0.2) is 4.79 Å². The molecule has 13 nitrogen and oxygen atoms in total. The maximum absolute atomic E-state index is 12.7. The maximum Gasteiger partial charge on any atom is 0.332 e. The van der Waals surface area contributed by atoms with Crippen molar-refractivity contribution in [1.82, 2.24) is 5.32 Å². The normalized spacial score (nSPS) is 19.2. The van der Waals surface area contributed by atoms with E-state index in [4.69, 9.17) is 42.6 Å². The Kier molecular flexibility index (Phi) is 18.4. The summed E-state index contributed by atoms with van der Waals surface area (Å²) in [4.78, 5) is 25.3. The zero-order valence-corrected chi connectivity index (χ0v) is 31.5. The number of carboxylic acid groups (broad SMARTS) is 1. The molecule has 0 saturated carbocycles. The highest BCUT2D eigenvalue weighted by Gasteiger charge is 2.49. The lowest BCUT2D eigenvalue weighted by Gasteiger charge is -2.45. The van der Waals surface area contributed by atoms with Crippen molar-refractivity contribution >= 4 is 11.9 Å². The van der Waals surface area contributed by atoms with Crippen molar-refractivity contribution < 1.29 is 57.3 Å². The minimum absolute atomic E-state index is 0.0712. The number of amides is 1. The number of carbonyl (C=O) groups excluding carboxylic acids is 1. The van der Waals surface area contributed by atoms with Crippen molar-refractivity contribution in [2.75, 3.05) is 33.8 Å². The van der Waals surface area contributed by atoms with Crippen LogP contribution in [0.25, 0.3) is 0 Å². The molecule has 5 rings (SSSR count). The molecule has 1 aliphatic heterocycles. The fraction of sp³-hybridized carbons (Fsp3) is 0.395. The predicted octanol–water partition coefficient (Wildman–Crippen LogP) is 5.60. The molecular weight excluding hydrogens is 722 g/mol. The Morgan fingerprint density at radius 1 is 0.643 bits per heavy atom. The Labute approximate surface area is 327 Å². The molecule has 0 bridgehead atoms. The van der Waals surface area contributed by atoms with Gasteiger partial charge < -0.3 is 53.1 Å². The molecule has 1 fully saturated rings. The smallest absolute Gasteiger partial charge is 0.332 e. The van der Waals surface area contributed by atoms with Crippen LogP contribution in [0.3, 0.4) is 0 Å². The lowest BCUT2D eigenvalue weighted by molar-refractivity contribution is -0.252. The van der Waals surface area contributed by atoms with Crippen LogP contribution in [0, 0.1) is 0 Å². The second kappa shape index (κ2) is 24.2. The van der Waals surface area contributed by atoms with E-state index in [2.05, 4.69) is 5.32 Å². The molecule has 13 heteroatoms. The van der Waals surface area contributed by atoms with Gasteiger partial charge in [0.25, 0.3) is 0 Å². The minimum atomic E-state index is -1.31. The summed E-state index contributed by atoms with van der Waals surface area (Å²) in [6.45, 7) is 1.73. The van der Waals surface area contributed by atoms with Gasteiger partial charge in [-0.05, 0) is 22.3 Å². The van der Waals surface area contributed by atoms with Gasteiger partial charge in [0.2, 0.25) is 5.91 Å². The molecule has 1 aliphatic rings. The van der Waals surface area contributed by atoms with Gasteiger partial charge in [0.1, 0.15) is 45.5 Å². The first kappa shape index (κ1) is 42.6. The van der Waals surface area contributed by atoms with E-state index in [-0.39, 0.29) is 65.9 Å². The van der Waals surface area contributed by atoms with Crippen LogP contribution in [0.15, 0.2) is 121 Å². The Balaban J connectivity index is 1.36. The molecule has 4 aromatic rings. The summed E-state index contributed by atoms with van der Waals surface area (Å²) in [7, 11) is 0. The van der Waals surface area contributed by atoms with Crippen molar-refractivity contribution in [2.45, 2.75) is 76.3 Å². The fourth-order valence-corrected chi connectivity index (χ4v) is 6.13. The SMILES string of the molecule is CC(=O)N[C@H]1[C@H]([C@H](OCOCc2ccccc2)[C@@H](COCOCc2ccccc2)OCOCc2ccccc2)O[C@H](C(=O)O)C[C@@H]1OCOCc1ccccc1. The first-order chi connectivity index (χ1) is 27.5. The number of hydrogen-bond acceptors (Lipinski definition) is 11. The number of ether oxygens (including phenoxy) is 9. The van der Waals surface area contributed by atoms with E-state index in [1.807, 2.05) is 121 Å². The molecule has 4 aromatic carbocycles. The summed E-state index contributed by atoms with van der Waals surface area (Å²) in [6, 6.07) is 37.5. The fourth-order valence-electron chi connectivity index (χ4n) is 6.13. The number of carboxylic acids is 1. The van der Waals surface area contributed by atoms with Gasteiger partial charge in [-0.15, -0.1) is 0 Å². The van der Waals surface area contributed by atoms with Gasteiger partial charge in [-0.2, -0.15) is 0 Å². The molecule has 0 radical (unpaired) electrons. The summed E-state index contributed by atoms with van der Waals surface area (Å²) in [5.74, 6) is -1.59. The summed E-state index contributed by atoms with van der Waals surface area (Å²) in [5, 5.41) is 13.2. The van der Waals surface area contributed by atoms with Crippen LogP contribution in [-0.4, -0.2) is 87.3 Å². The zero-order chi connectivity index (χ0) is 39.2. The number of aliphatic carboxylic acids is 1. The first-order valence-corrected chi connectivity index (χ1v) is 18.5.